The van der Waals surface area contributed by atoms with E-state index in [2.05, 4.69) is 4.98 Å². The van der Waals surface area contributed by atoms with E-state index in [1.54, 1.807) is 0 Å². The number of aromatic nitrogens is 1. The highest BCUT2D eigenvalue weighted by Crippen LogP contribution is 1.97. The van der Waals surface area contributed by atoms with Crippen LogP contribution in [0.2, 0.25) is 0 Å². The smallest absolute Gasteiger partial charge is 0.423 e. The second kappa shape index (κ2) is 2.98. The largest absolute Gasteiger partial charge is 0.491 e. The topological polar surface area (TPSA) is 53.4 Å². The lowest BCUT2D eigenvalue weighted by molar-refractivity contribution is 0.422. The third-order valence-corrected chi connectivity index (χ3v) is 1.37. The van der Waals surface area contributed by atoms with Crippen molar-refractivity contribution < 1.29 is 14.4 Å². The molecule has 1 aromatic heterocycles. The van der Waals surface area contributed by atoms with Gasteiger partial charge in [-0.1, -0.05) is 0 Å². The minimum absolute atomic E-state index is 0.141. The molecule has 1 heterocycles. The number of halogens is 1. The first-order valence-electron chi connectivity index (χ1n) is 3.10. The van der Waals surface area contributed by atoms with Crippen LogP contribution >= 0.6 is 0 Å². The van der Waals surface area contributed by atoms with Gasteiger partial charge < -0.3 is 10.0 Å². The summed E-state index contributed by atoms with van der Waals surface area (Å²) in [5.74, 6) is -0.664. The molecule has 0 bridgehead atoms. The number of nitrogens with zero attached hydrogens (tertiary/aromatic N) is 1. The van der Waals surface area contributed by atoms with Crippen LogP contribution in [-0.2, 0) is 0 Å². The Balaban J connectivity index is 3.17. The van der Waals surface area contributed by atoms with Gasteiger partial charge in [0.25, 0.3) is 0 Å². The molecule has 0 aliphatic carbocycles. The maximum atomic E-state index is 12.9. The van der Waals surface area contributed by atoms with Crippen molar-refractivity contribution >= 4 is 12.6 Å². The Kier molecular flexibility index (Phi) is 2.21. The van der Waals surface area contributed by atoms with E-state index in [9.17, 15) is 4.39 Å². The molecule has 0 amide bonds. The molecule has 0 aliphatic heterocycles. The molecule has 5 heteroatoms. The van der Waals surface area contributed by atoms with E-state index >= 15 is 0 Å². The summed E-state index contributed by atoms with van der Waals surface area (Å²) in [5.41, 5.74) is 0.0214. The lowest BCUT2D eigenvalue weighted by Crippen LogP contribution is -2.33. The predicted octanol–water partition coefficient (Wildman–Crippen LogP) is -0.791. The molecule has 2 N–H and O–H groups in total. The summed E-state index contributed by atoms with van der Waals surface area (Å²) in [6.07, 6.45) is 1.33. The van der Waals surface area contributed by atoms with Gasteiger partial charge in [0.15, 0.2) is 0 Å². The van der Waals surface area contributed by atoms with Gasteiger partial charge in [0, 0.05) is 11.7 Å². The second-order valence-electron chi connectivity index (χ2n) is 2.17. The van der Waals surface area contributed by atoms with E-state index in [1.807, 2.05) is 0 Å². The Bertz CT molecular complexity index is 267. The number of aryl methyl sites for hydroxylation is 1. The van der Waals surface area contributed by atoms with Crippen molar-refractivity contribution in [2.24, 2.45) is 0 Å². The first-order valence-corrected chi connectivity index (χ1v) is 3.10. The van der Waals surface area contributed by atoms with Crippen LogP contribution < -0.4 is 5.46 Å². The first-order chi connectivity index (χ1) is 5.13. The molecule has 0 aliphatic rings. The first kappa shape index (κ1) is 8.16. The van der Waals surface area contributed by atoms with E-state index < -0.39 is 12.9 Å². The van der Waals surface area contributed by atoms with Crippen molar-refractivity contribution in [1.29, 1.82) is 0 Å². The lowest BCUT2D eigenvalue weighted by Gasteiger charge is -2.01. The lowest BCUT2D eigenvalue weighted by atomic mass is 9.80. The quantitative estimate of drug-likeness (QED) is 0.522. The SMILES string of the molecule is Cc1nccc(B(O)O)c1F. The van der Waals surface area contributed by atoms with Crippen LogP contribution in [0.4, 0.5) is 4.39 Å². The molecular formula is C6H7BFNO2. The molecule has 0 radical (unpaired) electrons. The zero-order valence-electron chi connectivity index (χ0n) is 5.95. The molecule has 11 heavy (non-hydrogen) atoms. The van der Waals surface area contributed by atoms with Crippen molar-refractivity contribution in [1.82, 2.24) is 4.98 Å². The Morgan fingerprint density at radius 1 is 1.55 bits per heavy atom. The monoisotopic (exact) mass is 155 g/mol. The molecule has 58 valence electrons. The van der Waals surface area contributed by atoms with Crippen LogP contribution in [0.25, 0.3) is 0 Å². The van der Waals surface area contributed by atoms with Crippen LogP contribution in [0.5, 0.6) is 0 Å². The molecule has 0 atom stereocenters. The summed E-state index contributed by atoms with van der Waals surface area (Å²) in [7, 11) is -1.77. The number of hydrogen-bond donors (Lipinski definition) is 2. The molecule has 0 saturated carbocycles. The molecule has 0 fully saturated rings. The van der Waals surface area contributed by atoms with E-state index in [0.29, 0.717) is 0 Å². The maximum Gasteiger partial charge on any atom is 0.491 e. The van der Waals surface area contributed by atoms with Gasteiger partial charge in [0.2, 0.25) is 0 Å². The third kappa shape index (κ3) is 1.55. The second-order valence-corrected chi connectivity index (χ2v) is 2.17. The Hall–Kier alpha value is -0.935. The standard InChI is InChI=1S/C6H7BFNO2/c1-4-6(8)5(7(10)11)2-3-9-4/h2-3,10-11H,1H3. The highest BCUT2D eigenvalue weighted by molar-refractivity contribution is 6.58. The van der Waals surface area contributed by atoms with Crippen molar-refractivity contribution in [2.45, 2.75) is 6.92 Å². The molecule has 1 rings (SSSR count). The number of pyridine rings is 1. The van der Waals surface area contributed by atoms with Gasteiger partial charge in [-0.15, -0.1) is 0 Å². The molecular weight excluding hydrogens is 148 g/mol. The highest BCUT2D eigenvalue weighted by atomic mass is 19.1. The summed E-state index contributed by atoms with van der Waals surface area (Å²) in [5, 5.41) is 17.2. The Morgan fingerprint density at radius 2 is 2.18 bits per heavy atom. The average Bonchev–Trinajstić information content (AvgIpc) is 1.94. The Morgan fingerprint density at radius 3 is 2.64 bits per heavy atom. The van der Waals surface area contributed by atoms with Gasteiger partial charge in [-0.25, -0.2) is 4.39 Å². The normalized spacial score (nSPS) is 9.82. The fourth-order valence-corrected chi connectivity index (χ4v) is 0.768. The van der Waals surface area contributed by atoms with Gasteiger partial charge in [0.05, 0.1) is 5.69 Å². The molecule has 0 unspecified atom stereocenters. The molecule has 3 nitrogen and oxygen atoms in total. The van der Waals surface area contributed by atoms with Gasteiger partial charge in [-0.3, -0.25) is 4.98 Å². The summed E-state index contributed by atoms with van der Waals surface area (Å²) in [6.45, 7) is 1.46. The fraction of sp³-hybridized carbons (Fsp3) is 0.167. The summed E-state index contributed by atoms with van der Waals surface area (Å²) in [4.78, 5) is 3.62. The van der Waals surface area contributed by atoms with Crippen molar-refractivity contribution in [2.75, 3.05) is 0 Å². The fourth-order valence-electron chi connectivity index (χ4n) is 0.768. The summed E-state index contributed by atoms with van der Waals surface area (Å²) in [6, 6.07) is 1.23. The van der Waals surface area contributed by atoms with Crippen molar-refractivity contribution in [3.05, 3.63) is 23.8 Å². The van der Waals surface area contributed by atoms with E-state index in [1.165, 1.54) is 19.2 Å². The zero-order valence-corrected chi connectivity index (χ0v) is 5.95. The van der Waals surface area contributed by atoms with Crippen LogP contribution in [0.15, 0.2) is 12.3 Å². The predicted molar refractivity (Wildman–Crippen MR) is 38.8 cm³/mol. The molecule has 0 spiro atoms. The zero-order chi connectivity index (χ0) is 8.43. The van der Waals surface area contributed by atoms with Gasteiger partial charge in [-0.2, -0.15) is 0 Å². The third-order valence-electron chi connectivity index (χ3n) is 1.37. The minimum atomic E-state index is -1.77. The number of hydrogen-bond acceptors (Lipinski definition) is 3. The van der Waals surface area contributed by atoms with E-state index in [0.717, 1.165) is 0 Å². The minimum Gasteiger partial charge on any atom is -0.423 e. The molecule has 0 saturated heterocycles. The average molecular weight is 155 g/mol. The van der Waals surface area contributed by atoms with E-state index in [-0.39, 0.29) is 11.2 Å². The van der Waals surface area contributed by atoms with Gasteiger partial charge in [0.1, 0.15) is 5.82 Å². The highest BCUT2D eigenvalue weighted by Gasteiger charge is 2.17. The molecule has 0 aromatic carbocycles. The van der Waals surface area contributed by atoms with Crippen molar-refractivity contribution in [3.63, 3.8) is 0 Å². The van der Waals surface area contributed by atoms with Gasteiger partial charge in [-0.05, 0) is 13.0 Å². The van der Waals surface area contributed by atoms with Crippen LogP contribution in [-0.4, -0.2) is 22.2 Å². The molecule has 1 aromatic rings. The number of rotatable bonds is 1. The van der Waals surface area contributed by atoms with E-state index in [4.69, 9.17) is 10.0 Å². The van der Waals surface area contributed by atoms with Crippen LogP contribution in [0.3, 0.4) is 0 Å². The van der Waals surface area contributed by atoms with Crippen molar-refractivity contribution in [3.8, 4) is 0 Å². The van der Waals surface area contributed by atoms with Crippen LogP contribution in [0, 0.1) is 12.7 Å². The Labute approximate surface area is 63.7 Å². The van der Waals surface area contributed by atoms with Crippen LogP contribution in [0.1, 0.15) is 5.69 Å². The summed E-state index contributed by atoms with van der Waals surface area (Å²) >= 11 is 0. The maximum absolute atomic E-state index is 12.9. The van der Waals surface area contributed by atoms with Gasteiger partial charge >= 0.3 is 7.12 Å². The summed E-state index contributed by atoms with van der Waals surface area (Å²) < 4.78 is 12.9.